The van der Waals surface area contributed by atoms with E-state index in [-0.39, 0.29) is 0 Å². The van der Waals surface area contributed by atoms with E-state index in [0.29, 0.717) is 6.04 Å². The molecule has 18 heavy (non-hydrogen) atoms. The molecule has 0 spiro atoms. The second-order valence-electron chi connectivity index (χ2n) is 4.59. The summed E-state index contributed by atoms with van der Waals surface area (Å²) in [6.45, 7) is 0. The number of benzene rings is 2. The van der Waals surface area contributed by atoms with Crippen molar-refractivity contribution in [3.63, 3.8) is 0 Å². The zero-order chi connectivity index (χ0) is 12.5. The fourth-order valence-corrected chi connectivity index (χ4v) is 3.11. The summed E-state index contributed by atoms with van der Waals surface area (Å²) in [7, 11) is 0. The molecule has 0 saturated carbocycles. The highest BCUT2D eigenvalue weighted by molar-refractivity contribution is 9.10. The van der Waals surface area contributed by atoms with E-state index in [1.54, 1.807) is 0 Å². The van der Waals surface area contributed by atoms with Crippen molar-refractivity contribution >= 4 is 33.2 Å². The van der Waals surface area contributed by atoms with Gasteiger partial charge in [-0.3, -0.25) is 0 Å². The maximum absolute atomic E-state index is 6.03. The minimum Gasteiger partial charge on any atom is -0.378 e. The Bertz CT molecular complexity index is 582. The van der Waals surface area contributed by atoms with E-state index < -0.39 is 0 Å². The predicted octanol–water partition coefficient (Wildman–Crippen LogP) is 5.20. The summed E-state index contributed by atoms with van der Waals surface area (Å²) in [5.41, 5.74) is 3.89. The van der Waals surface area contributed by atoms with Crippen LogP contribution in [0.15, 0.2) is 46.9 Å². The highest BCUT2D eigenvalue weighted by atomic mass is 79.9. The fourth-order valence-electron chi connectivity index (χ4n) is 2.52. The normalized spacial score (nSPS) is 17.6. The van der Waals surface area contributed by atoms with Crippen molar-refractivity contribution in [1.29, 1.82) is 0 Å². The van der Waals surface area contributed by atoms with Crippen molar-refractivity contribution in [2.24, 2.45) is 0 Å². The van der Waals surface area contributed by atoms with Crippen molar-refractivity contribution in [3.05, 3.63) is 63.1 Å². The lowest BCUT2D eigenvalue weighted by molar-refractivity contribution is 0.762. The Hall–Kier alpha value is -0.990. The van der Waals surface area contributed by atoms with Crippen LogP contribution in [0.4, 0.5) is 5.69 Å². The van der Waals surface area contributed by atoms with Gasteiger partial charge in [-0.2, -0.15) is 0 Å². The van der Waals surface area contributed by atoms with Crippen molar-refractivity contribution in [2.45, 2.75) is 18.9 Å². The lowest BCUT2D eigenvalue weighted by atomic mass is 10.1. The first-order chi connectivity index (χ1) is 8.72. The molecule has 0 saturated heterocycles. The van der Waals surface area contributed by atoms with Crippen molar-refractivity contribution in [1.82, 2.24) is 0 Å². The maximum Gasteiger partial charge on any atom is 0.0519 e. The van der Waals surface area contributed by atoms with Crippen LogP contribution < -0.4 is 5.32 Å². The molecule has 1 unspecified atom stereocenters. The molecule has 92 valence electrons. The van der Waals surface area contributed by atoms with E-state index >= 15 is 0 Å². The quantitative estimate of drug-likeness (QED) is 0.801. The van der Waals surface area contributed by atoms with E-state index in [9.17, 15) is 0 Å². The number of fused-ring (bicyclic) bond motifs is 1. The van der Waals surface area contributed by atoms with Gasteiger partial charge < -0.3 is 5.32 Å². The second-order valence-corrected chi connectivity index (χ2v) is 5.94. The smallest absolute Gasteiger partial charge is 0.0519 e. The van der Waals surface area contributed by atoms with Crippen LogP contribution in [0.3, 0.4) is 0 Å². The molecule has 0 bridgehead atoms. The van der Waals surface area contributed by atoms with E-state index in [4.69, 9.17) is 11.6 Å². The van der Waals surface area contributed by atoms with Gasteiger partial charge in [0.25, 0.3) is 0 Å². The molecule has 0 fully saturated rings. The zero-order valence-electron chi connectivity index (χ0n) is 9.79. The topological polar surface area (TPSA) is 12.0 Å². The summed E-state index contributed by atoms with van der Waals surface area (Å²) in [4.78, 5) is 0. The third-order valence-corrected chi connectivity index (χ3v) is 4.08. The molecule has 1 N–H and O–H groups in total. The Morgan fingerprint density at radius 2 is 2.06 bits per heavy atom. The van der Waals surface area contributed by atoms with Gasteiger partial charge in [0.2, 0.25) is 0 Å². The number of anilines is 1. The molecule has 0 amide bonds. The first kappa shape index (κ1) is 12.1. The number of rotatable bonds is 2. The Kier molecular flexibility index (Phi) is 3.31. The minimum atomic E-state index is 0.395. The average Bonchev–Trinajstić information content (AvgIpc) is 2.72. The summed E-state index contributed by atoms with van der Waals surface area (Å²) in [6.07, 6.45) is 2.23. The molecule has 2 aromatic rings. The summed E-state index contributed by atoms with van der Waals surface area (Å²) in [5, 5.41) is 4.41. The number of nitrogens with one attached hydrogen (secondary N) is 1. The molecule has 3 rings (SSSR count). The van der Waals surface area contributed by atoms with Crippen LogP contribution in [0.25, 0.3) is 0 Å². The first-order valence-corrected chi connectivity index (χ1v) is 7.20. The molecule has 3 heteroatoms. The zero-order valence-corrected chi connectivity index (χ0v) is 12.1. The van der Waals surface area contributed by atoms with Gasteiger partial charge in [-0.1, -0.05) is 39.7 Å². The van der Waals surface area contributed by atoms with Crippen LogP contribution in [0, 0.1) is 0 Å². The molecule has 1 aliphatic carbocycles. The second kappa shape index (κ2) is 4.94. The number of hydrogen-bond donors (Lipinski definition) is 1. The molecule has 0 radical (unpaired) electrons. The van der Waals surface area contributed by atoms with E-state index in [1.807, 2.05) is 18.2 Å². The van der Waals surface area contributed by atoms with E-state index in [0.717, 1.165) is 28.0 Å². The molecule has 0 heterocycles. The summed E-state index contributed by atoms with van der Waals surface area (Å²) < 4.78 is 1.10. The lowest BCUT2D eigenvalue weighted by Crippen LogP contribution is -2.06. The van der Waals surface area contributed by atoms with Gasteiger partial charge in [-0.05, 0) is 54.3 Å². The van der Waals surface area contributed by atoms with Crippen LogP contribution in [-0.4, -0.2) is 0 Å². The Labute approximate surface area is 120 Å². The fraction of sp³-hybridized carbons (Fsp3) is 0.200. The molecule has 1 atom stereocenters. The van der Waals surface area contributed by atoms with Gasteiger partial charge in [0.05, 0.1) is 6.04 Å². The largest absolute Gasteiger partial charge is 0.378 e. The Morgan fingerprint density at radius 3 is 2.89 bits per heavy atom. The highest BCUT2D eigenvalue weighted by Crippen LogP contribution is 2.35. The molecule has 2 aromatic carbocycles. The third kappa shape index (κ3) is 2.40. The van der Waals surface area contributed by atoms with Gasteiger partial charge in [-0.15, -0.1) is 0 Å². The van der Waals surface area contributed by atoms with Gasteiger partial charge in [0.15, 0.2) is 0 Å². The third-order valence-electron chi connectivity index (χ3n) is 3.35. The maximum atomic E-state index is 6.03. The molecule has 0 aromatic heterocycles. The SMILES string of the molecule is Clc1ccc2c(c1)CCC2Nc1cccc(Br)c1. The Morgan fingerprint density at radius 1 is 1.17 bits per heavy atom. The van der Waals surface area contributed by atoms with Crippen molar-refractivity contribution in [2.75, 3.05) is 5.32 Å². The van der Waals surface area contributed by atoms with Gasteiger partial charge in [0, 0.05) is 15.2 Å². The predicted molar refractivity (Wildman–Crippen MR) is 80.3 cm³/mol. The van der Waals surface area contributed by atoms with Crippen LogP contribution >= 0.6 is 27.5 Å². The van der Waals surface area contributed by atoms with Crippen molar-refractivity contribution in [3.8, 4) is 0 Å². The summed E-state index contributed by atoms with van der Waals surface area (Å²) >= 11 is 9.52. The standard InChI is InChI=1S/C15H13BrClN/c16-11-2-1-3-13(9-11)18-15-7-4-10-8-12(17)5-6-14(10)15/h1-3,5-6,8-9,15,18H,4,7H2. The van der Waals surface area contributed by atoms with Crippen molar-refractivity contribution < 1.29 is 0 Å². The lowest BCUT2D eigenvalue weighted by Gasteiger charge is -2.15. The van der Waals surface area contributed by atoms with Crippen LogP contribution in [0.1, 0.15) is 23.6 Å². The summed E-state index contributed by atoms with van der Waals surface area (Å²) in [5.74, 6) is 0. The number of hydrogen-bond acceptors (Lipinski definition) is 1. The van der Waals surface area contributed by atoms with E-state index in [2.05, 4.69) is 45.5 Å². The first-order valence-electron chi connectivity index (χ1n) is 6.03. The van der Waals surface area contributed by atoms with Crippen LogP contribution in [-0.2, 0) is 6.42 Å². The van der Waals surface area contributed by atoms with E-state index in [1.165, 1.54) is 11.1 Å². The monoisotopic (exact) mass is 321 g/mol. The molecule has 1 aliphatic rings. The van der Waals surface area contributed by atoms with Crippen LogP contribution in [0.5, 0.6) is 0 Å². The average molecular weight is 323 g/mol. The minimum absolute atomic E-state index is 0.395. The number of aryl methyl sites for hydroxylation is 1. The molecular formula is C15H13BrClN. The molecule has 1 nitrogen and oxygen atoms in total. The number of halogens is 2. The van der Waals surface area contributed by atoms with Crippen LogP contribution in [0.2, 0.25) is 5.02 Å². The summed E-state index contributed by atoms with van der Waals surface area (Å²) in [6, 6.07) is 14.9. The van der Waals surface area contributed by atoms with Gasteiger partial charge in [-0.25, -0.2) is 0 Å². The molecule has 0 aliphatic heterocycles. The van der Waals surface area contributed by atoms with Gasteiger partial charge >= 0.3 is 0 Å². The van der Waals surface area contributed by atoms with Gasteiger partial charge in [0.1, 0.15) is 0 Å². The Balaban J connectivity index is 1.85. The highest BCUT2D eigenvalue weighted by Gasteiger charge is 2.22. The molecular weight excluding hydrogens is 310 g/mol.